The van der Waals surface area contributed by atoms with Crippen LogP contribution in [0.4, 0.5) is 11.4 Å². The number of hydrogen-bond donors (Lipinski definition) is 2. The van der Waals surface area contributed by atoms with Gasteiger partial charge in [-0.05, 0) is 42.9 Å². The van der Waals surface area contributed by atoms with Gasteiger partial charge < -0.3 is 15.1 Å². The van der Waals surface area contributed by atoms with Crippen molar-refractivity contribution in [3.63, 3.8) is 0 Å². The third-order valence-corrected chi connectivity index (χ3v) is 5.76. The molecule has 0 aliphatic carbocycles. The van der Waals surface area contributed by atoms with E-state index in [4.69, 9.17) is 23.8 Å². The van der Waals surface area contributed by atoms with Crippen molar-refractivity contribution in [3.8, 4) is 0 Å². The first-order valence-electron chi connectivity index (χ1n) is 10.3. The molecule has 6 nitrogen and oxygen atoms in total. The van der Waals surface area contributed by atoms with Crippen LogP contribution < -0.4 is 15.5 Å². The number of para-hydroxylation sites is 1. The molecule has 3 rings (SSSR count). The molecule has 0 aromatic heterocycles. The van der Waals surface area contributed by atoms with Crippen molar-refractivity contribution in [3.05, 3.63) is 58.6 Å². The van der Waals surface area contributed by atoms with Crippen LogP contribution in [-0.4, -0.2) is 48.0 Å². The second-order valence-corrected chi connectivity index (χ2v) is 8.64. The Kier molecular flexibility index (Phi) is 7.51. The Morgan fingerprint density at radius 2 is 1.71 bits per heavy atom. The van der Waals surface area contributed by atoms with Gasteiger partial charge in [0.05, 0.1) is 16.4 Å². The zero-order chi connectivity index (χ0) is 22.5. The van der Waals surface area contributed by atoms with Crippen LogP contribution in [0.15, 0.2) is 42.5 Å². The number of anilines is 2. The van der Waals surface area contributed by atoms with E-state index in [1.54, 1.807) is 6.07 Å². The summed E-state index contributed by atoms with van der Waals surface area (Å²) in [7, 11) is 0. The molecule has 2 N–H and O–H groups in total. The number of piperazine rings is 1. The molecule has 0 unspecified atom stereocenters. The first-order valence-corrected chi connectivity index (χ1v) is 11.1. The molecule has 1 saturated heterocycles. The van der Waals surface area contributed by atoms with Crippen LogP contribution in [0.3, 0.4) is 0 Å². The summed E-state index contributed by atoms with van der Waals surface area (Å²) in [6.07, 6.45) is 0. The molecule has 0 radical (unpaired) electrons. The number of benzene rings is 2. The van der Waals surface area contributed by atoms with Crippen LogP contribution in [0.2, 0.25) is 5.02 Å². The molecule has 0 atom stereocenters. The fraction of sp³-hybridized carbons (Fsp3) is 0.348. The number of nitrogens with one attached hydrogen (secondary N) is 2. The standard InChI is InChI=1S/C23H27ClN4O2S/c1-15(2)22(30)28-13-11-27(12-14-28)20-18(24)9-6-10-19(20)25-23(31)26-21(29)17-8-5-4-7-16(17)3/h4-10,15H,11-14H2,1-3H3,(H2,25,26,29,31). The lowest BCUT2D eigenvalue weighted by Crippen LogP contribution is -2.50. The molecule has 2 aromatic rings. The molecule has 1 fully saturated rings. The van der Waals surface area contributed by atoms with Crippen LogP contribution in [0, 0.1) is 12.8 Å². The molecule has 0 saturated carbocycles. The van der Waals surface area contributed by atoms with E-state index in [0.29, 0.717) is 42.5 Å². The maximum atomic E-state index is 12.6. The molecule has 8 heteroatoms. The van der Waals surface area contributed by atoms with Gasteiger partial charge in [0.1, 0.15) is 0 Å². The highest BCUT2D eigenvalue weighted by Gasteiger charge is 2.25. The summed E-state index contributed by atoms with van der Waals surface area (Å²) in [6.45, 7) is 8.31. The zero-order valence-electron chi connectivity index (χ0n) is 17.9. The van der Waals surface area contributed by atoms with Crippen LogP contribution >= 0.6 is 23.8 Å². The summed E-state index contributed by atoms with van der Waals surface area (Å²) in [6, 6.07) is 12.9. The highest BCUT2D eigenvalue weighted by molar-refractivity contribution is 7.80. The molecule has 0 spiro atoms. The lowest BCUT2D eigenvalue weighted by molar-refractivity contribution is -0.134. The average Bonchev–Trinajstić information content (AvgIpc) is 2.73. The van der Waals surface area contributed by atoms with Gasteiger partial charge in [-0.1, -0.05) is 49.7 Å². The van der Waals surface area contributed by atoms with Gasteiger partial charge >= 0.3 is 0 Å². The number of hydrogen-bond acceptors (Lipinski definition) is 4. The fourth-order valence-electron chi connectivity index (χ4n) is 3.60. The average molecular weight is 459 g/mol. The van der Waals surface area contributed by atoms with E-state index < -0.39 is 0 Å². The van der Waals surface area contributed by atoms with Crippen molar-refractivity contribution in [2.75, 3.05) is 36.4 Å². The Morgan fingerprint density at radius 3 is 2.35 bits per heavy atom. The van der Waals surface area contributed by atoms with E-state index in [0.717, 1.165) is 11.3 Å². The zero-order valence-corrected chi connectivity index (χ0v) is 19.5. The number of halogens is 1. The summed E-state index contributed by atoms with van der Waals surface area (Å²) in [4.78, 5) is 28.9. The van der Waals surface area contributed by atoms with Crippen LogP contribution in [-0.2, 0) is 4.79 Å². The van der Waals surface area contributed by atoms with Gasteiger partial charge in [-0.25, -0.2) is 0 Å². The minimum Gasteiger partial charge on any atom is -0.365 e. The maximum Gasteiger partial charge on any atom is 0.257 e. The lowest BCUT2D eigenvalue weighted by atomic mass is 10.1. The smallest absolute Gasteiger partial charge is 0.257 e. The second-order valence-electron chi connectivity index (χ2n) is 7.83. The predicted octanol–water partition coefficient (Wildman–Crippen LogP) is 4.08. The normalized spacial score (nSPS) is 13.8. The number of rotatable bonds is 4. The van der Waals surface area contributed by atoms with Gasteiger partial charge in [0.25, 0.3) is 5.91 Å². The molecule has 164 valence electrons. The maximum absolute atomic E-state index is 12.6. The summed E-state index contributed by atoms with van der Waals surface area (Å²) in [5.74, 6) is -0.115. The molecule has 2 amide bonds. The van der Waals surface area contributed by atoms with Crippen molar-refractivity contribution < 1.29 is 9.59 Å². The van der Waals surface area contributed by atoms with Gasteiger partial charge in [-0.2, -0.15) is 0 Å². The molecule has 2 aromatic carbocycles. The Labute approximate surface area is 193 Å². The first kappa shape index (κ1) is 23.0. The van der Waals surface area contributed by atoms with Gasteiger partial charge in [0, 0.05) is 37.7 Å². The summed E-state index contributed by atoms with van der Waals surface area (Å²) < 4.78 is 0. The molecule has 1 heterocycles. The van der Waals surface area contributed by atoms with Crippen LogP contribution in [0.5, 0.6) is 0 Å². The number of thiocarbonyl (C=S) groups is 1. The van der Waals surface area contributed by atoms with E-state index in [1.165, 1.54) is 0 Å². The van der Waals surface area contributed by atoms with Crippen molar-refractivity contribution in [1.82, 2.24) is 10.2 Å². The van der Waals surface area contributed by atoms with E-state index in [-0.39, 0.29) is 22.8 Å². The van der Waals surface area contributed by atoms with Gasteiger partial charge in [-0.15, -0.1) is 0 Å². The molecular weight excluding hydrogens is 432 g/mol. The van der Waals surface area contributed by atoms with Crippen molar-refractivity contribution in [2.45, 2.75) is 20.8 Å². The van der Waals surface area contributed by atoms with Crippen LogP contribution in [0.1, 0.15) is 29.8 Å². The van der Waals surface area contributed by atoms with E-state index in [2.05, 4.69) is 15.5 Å². The molecule has 1 aliphatic rings. The highest BCUT2D eigenvalue weighted by Crippen LogP contribution is 2.34. The van der Waals surface area contributed by atoms with Crippen molar-refractivity contribution in [1.29, 1.82) is 0 Å². The Hall–Kier alpha value is -2.64. The molecule has 0 bridgehead atoms. The lowest BCUT2D eigenvalue weighted by Gasteiger charge is -2.38. The SMILES string of the molecule is Cc1ccccc1C(=O)NC(=S)Nc1cccc(Cl)c1N1CCN(C(=O)C(C)C)CC1. The van der Waals surface area contributed by atoms with Gasteiger partial charge in [0.15, 0.2) is 5.11 Å². The summed E-state index contributed by atoms with van der Waals surface area (Å²) >= 11 is 11.9. The summed E-state index contributed by atoms with van der Waals surface area (Å²) in [5.41, 5.74) is 2.98. The minimum absolute atomic E-state index is 0.0154. The third-order valence-electron chi connectivity index (χ3n) is 5.25. The Balaban J connectivity index is 1.70. The Morgan fingerprint density at radius 1 is 1.03 bits per heavy atom. The third kappa shape index (κ3) is 5.54. The van der Waals surface area contributed by atoms with E-state index >= 15 is 0 Å². The fourth-order valence-corrected chi connectivity index (χ4v) is 4.10. The Bertz CT molecular complexity index is 987. The minimum atomic E-state index is -0.264. The first-order chi connectivity index (χ1) is 14.8. The largest absolute Gasteiger partial charge is 0.365 e. The summed E-state index contributed by atoms with van der Waals surface area (Å²) in [5, 5.41) is 6.63. The quantitative estimate of drug-likeness (QED) is 0.676. The monoisotopic (exact) mass is 458 g/mol. The predicted molar refractivity (Wildman–Crippen MR) is 130 cm³/mol. The van der Waals surface area contributed by atoms with Crippen molar-refractivity contribution >= 4 is 52.1 Å². The number of amides is 2. The topological polar surface area (TPSA) is 64.7 Å². The molecule has 31 heavy (non-hydrogen) atoms. The number of nitrogens with zero attached hydrogens (tertiary/aromatic N) is 2. The number of carbonyl (C=O) groups excluding carboxylic acids is 2. The van der Waals surface area contributed by atoms with Gasteiger partial charge in [0.2, 0.25) is 5.91 Å². The van der Waals surface area contributed by atoms with Crippen LogP contribution in [0.25, 0.3) is 0 Å². The molecule has 1 aliphatic heterocycles. The highest BCUT2D eigenvalue weighted by atomic mass is 35.5. The number of carbonyl (C=O) groups is 2. The second kappa shape index (κ2) is 10.1. The molecular formula is C23H27ClN4O2S. The number of aryl methyl sites for hydroxylation is 1. The van der Waals surface area contributed by atoms with E-state index in [1.807, 2.05) is 62.1 Å². The van der Waals surface area contributed by atoms with Crippen molar-refractivity contribution in [2.24, 2.45) is 5.92 Å². The van der Waals surface area contributed by atoms with Gasteiger partial charge in [-0.3, -0.25) is 14.9 Å². The van der Waals surface area contributed by atoms with E-state index in [9.17, 15) is 9.59 Å².